The molecule has 0 saturated carbocycles. The fourth-order valence-electron chi connectivity index (χ4n) is 3.75. The molecule has 1 nitrogen and oxygen atoms in total. The summed E-state index contributed by atoms with van der Waals surface area (Å²) in [6, 6.07) is 8.77. The van der Waals surface area contributed by atoms with Gasteiger partial charge < -0.3 is 4.79 Å². The topological polar surface area (TPSA) is 17.1 Å². The lowest BCUT2D eigenvalue weighted by atomic mass is 9.45. The molecule has 0 spiro atoms. The first-order chi connectivity index (χ1) is 11.7. The van der Waals surface area contributed by atoms with Crippen LogP contribution in [0, 0.1) is 5.92 Å². The van der Waals surface area contributed by atoms with Crippen LogP contribution in [-0.2, 0) is 17.6 Å². The molecule has 0 bridgehead atoms. The van der Waals surface area contributed by atoms with Crippen LogP contribution in [0.15, 0.2) is 48.1 Å². The summed E-state index contributed by atoms with van der Waals surface area (Å²) in [4.78, 5) is 11.5. The van der Waals surface area contributed by atoms with E-state index in [4.69, 9.17) is 0 Å². The molecule has 0 N–H and O–H groups in total. The van der Waals surface area contributed by atoms with E-state index in [2.05, 4.69) is 58.5 Å². The summed E-state index contributed by atoms with van der Waals surface area (Å²) in [5, 5.41) is 0.0693. The molecule has 1 aliphatic heterocycles. The van der Waals surface area contributed by atoms with E-state index in [-0.39, 0.29) is 11.0 Å². The zero-order valence-corrected chi connectivity index (χ0v) is 17.0. The average molecular weight is 337 g/mol. The van der Waals surface area contributed by atoms with Crippen LogP contribution in [0.1, 0.15) is 65.5 Å². The fourth-order valence-corrected chi connectivity index (χ4v) is 3.75. The summed E-state index contributed by atoms with van der Waals surface area (Å²) in [6.45, 7) is 15.9. The van der Waals surface area contributed by atoms with Crippen molar-refractivity contribution < 1.29 is 4.79 Å². The molecule has 2 heteroatoms. The van der Waals surface area contributed by atoms with Gasteiger partial charge in [-0.3, -0.25) is 0 Å². The number of carbonyl (C=O) groups excluding carboxylic acids is 1. The van der Waals surface area contributed by atoms with E-state index < -0.39 is 0 Å². The van der Waals surface area contributed by atoms with Crippen LogP contribution < -0.4 is 0 Å². The maximum atomic E-state index is 11.5. The number of allylic oxidation sites excluding steroid dienone is 3. The van der Waals surface area contributed by atoms with Gasteiger partial charge in [0.15, 0.2) is 0 Å². The Kier molecular flexibility index (Phi) is 8.42. The van der Waals surface area contributed by atoms with E-state index in [0.29, 0.717) is 0 Å². The Labute approximate surface area is 155 Å². The van der Waals surface area contributed by atoms with E-state index in [1.54, 1.807) is 17.2 Å². The Morgan fingerprint density at radius 3 is 2.12 bits per heavy atom. The minimum absolute atomic E-state index is 0.0693. The second-order valence-electron chi connectivity index (χ2n) is 7.98. The number of benzene rings is 1. The van der Waals surface area contributed by atoms with Crippen molar-refractivity contribution in [3.8, 4) is 0 Å². The molecule has 2 aliphatic rings. The summed E-state index contributed by atoms with van der Waals surface area (Å²) < 4.78 is 0. The van der Waals surface area contributed by atoms with Crippen molar-refractivity contribution in [2.45, 2.75) is 72.5 Å². The third-order valence-electron chi connectivity index (χ3n) is 4.66. The Morgan fingerprint density at radius 1 is 1.24 bits per heavy atom. The Balaban J connectivity index is 0.000000218. The van der Waals surface area contributed by atoms with Gasteiger partial charge in [-0.25, -0.2) is 0 Å². The minimum Gasteiger partial charge on any atom is -0.307 e. The molecular formula is C23H34BO. The van der Waals surface area contributed by atoms with Crippen LogP contribution in [0.4, 0.5) is 0 Å². The highest BCUT2D eigenvalue weighted by Crippen LogP contribution is 2.37. The van der Waals surface area contributed by atoms with Gasteiger partial charge >= 0.3 is 0 Å². The molecule has 0 aromatic heterocycles. The molecule has 3 rings (SSSR count). The maximum Gasteiger partial charge on any atom is 0.215 e. The summed E-state index contributed by atoms with van der Waals surface area (Å²) >= 11 is 0. The first-order valence-electron chi connectivity index (χ1n) is 9.46. The highest BCUT2D eigenvalue weighted by Gasteiger charge is 2.31. The van der Waals surface area contributed by atoms with Crippen LogP contribution in [0.5, 0.6) is 0 Å². The first-order valence-corrected chi connectivity index (χ1v) is 9.46. The molecule has 1 heterocycles. The molecule has 1 aromatic carbocycles. The van der Waals surface area contributed by atoms with E-state index in [0.717, 1.165) is 24.3 Å². The highest BCUT2D eigenvalue weighted by atomic mass is 16.1. The Hall–Kier alpha value is -1.57. The molecule has 0 unspecified atom stereocenters. The zero-order chi connectivity index (χ0) is 19.0. The fraction of sp³-hybridized carbons (Fsp3) is 0.522. The van der Waals surface area contributed by atoms with Gasteiger partial charge in [-0.2, -0.15) is 0 Å². The van der Waals surface area contributed by atoms with E-state index in [1.165, 1.54) is 18.4 Å². The number of fused-ring (bicyclic) bond motifs is 1. The van der Waals surface area contributed by atoms with Gasteiger partial charge in [0.25, 0.3) is 0 Å². The Morgan fingerprint density at radius 2 is 1.72 bits per heavy atom. The van der Waals surface area contributed by atoms with Gasteiger partial charge in [-0.05, 0) is 62.1 Å². The molecule has 1 aromatic rings. The molecule has 0 amide bonds. The van der Waals surface area contributed by atoms with Gasteiger partial charge in [-0.1, -0.05) is 68.9 Å². The van der Waals surface area contributed by atoms with Crippen molar-refractivity contribution in [3.05, 3.63) is 59.2 Å². The van der Waals surface area contributed by atoms with Crippen LogP contribution in [0.3, 0.4) is 0 Å². The molecule has 135 valence electrons. The normalized spacial score (nSPS) is 18.2. The SMILES string of the molecule is C=CC.CC1Cc2ccccc2C1.CCC1=C(C)CC(C)(C)[B]C1=O. The predicted octanol–water partition coefficient (Wildman–Crippen LogP) is 6.16. The van der Waals surface area contributed by atoms with Crippen LogP contribution in [-0.4, -0.2) is 13.0 Å². The quantitative estimate of drug-likeness (QED) is 0.443. The van der Waals surface area contributed by atoms with E-state index in [1.807, 2.05) is 21.1 Å². The highest BCUT2D eigenvalue weighted by molar-refractivity contribution is 6.79. The van der Waals surface area contributed by atoms with E-state index >= 15 is 0 Å². The monoisotopic (exact) mass is 337 g/mol. The van der Waals surface area contributed by atoms with Crippen LogP contribution >= 0.6 is 0 Å². The number of carbonyl (C=O) groups is 1. The van der Waals surface area contributed by atoms with Gasteiger partial charge in [-0.15, -0.1) is 6.58 Å². The lowest BCUT2D eigenvalue weighted by molar-refractivity contribution is -0.109. The minimum atomic E-state index is 0.0693. The predicted molar refractivity (Wildman–Crippen MR) is 111 cm³/mol. The third kappa shape index (κ3) is 6.69. The number of hydrogen-bond acceptors (Lipinski definition) is 1. The average Bonchev–Trinajstić information content (AvgIpc) is 2.87. The third-order valence-corrected chi connectivity index (χ3v) is 4.66. The lowest BCUT2D eigenvalue weighted by Crippen LogP contribution is -2.29. The van der Waals surface area contributed by atoms with Gasteiger partial charge in [0.1, 0.15) is 5.68 Å². The van der Waals surface area contributed by atoms with Crippen molar-refractivity contribution in [2.24, 2.45) is 5.92 Å². The molecular weight excluding hydrogens is 303 g/mol. The van der Waals surface area contributed by atoms with Crippen LogP contribution in [0.2, 0.25) is 5.31 Å². The van der Waals surface area contributed by atoms with Gasteiger partial charge in [0.05, 0.1) is 0 Å². The molecule has 0 atom stereocenters. The first kappa shape index (κ1) is 21.5. The second kappa shape index (κ2) is 9.80. The van der Waals surface area contributed by atoms with Gasteiger partial charge in [0, 0.05) is 0 Å². The lowest BCUT2D eigenvalue weighted by Gasteiger charge is -2.29. The summed E-state index contributed by atoms with van der Waals surface area (Å²) in [6.07, 6.45) is 6.23. The van der Waals surface area contributed by atoms with E-state index in [9.17, 15) is 4.79 Å². The molecule has 1 aliphatic carbocycles. The van der Waals surface area contributed by atoms with Crippen molar-refractivity contribution >= 4 is 13.0 Å². The smallest absolute Gasteiger partial charge is 0.215 e. The van der Waals surface area contributed by atoms with Crippen molar-refractivity contribution in [1.82, 2.24) is 0 Å². The molecule has 0 saturated heterocycles. The summed E-state index contributed by atoms with van der Waals surface area (Å²) in [5.41, 5.74) is 5.67. The molecule has 0 fully saturated rings. The summed E-state index contributed by atoms with van der Waals surface area (Å²) in [7, 11) is 1.86. The maximum absolute atomic E-state index is 11.5. The number of hydrogen-bond donors (Lipinski definition) is 0. The Bertz CT molecular complexity index is 600. The summed E-state index contributed by atoms with van der Waals surface area (Å²) in [5.74, 6) is 0.873. The molecule has 25 heavy (non-hydrogen) atoms. The van der Waals surface area contributed by atoms with Crippen molar-refractivity contribution in [2.75, 3.05) is 0 Å². The second-order valence-corrected chi connectivity index (χ2v) is 7.98. The van der Waals surface area contributed by atoms with Crippen LogP contribution in [0.25, 0.3) is 0 Å². The zero-order valence-electron chi connectivity index (χ0n) is 17.0. The van der Waals surface area contributed by atoms with Crippen molar-refractivity contribution in [3.63, 3.8) is 0 Å². The number of rotatable bonds is 1. The molecule has 1 radical (unpaired) electrons. The van der Waals surface area contributed by atoms with Crippen molar-refractivity contribution in [1.29, 1.82) is 0 Å². The van der Waals surface area contributed by atoms with Gasteiger partial charge in [0.2, 0.25) is 7.28 Å². The standard InChI is InChI=1S/C10H16BO.C10H12.C3H6/c1-5-8-7(2)6-10(3,4)11-9(8)12;1-8-6-9-4-2-3-5-10(9)7-8;1-3-2/h5-6H2,1-4H3;2-5,8H,6-7H2,1H3;3H,1H2,2H3. The largest absolute Gasteiger partial charge is 0.307 e.